The molecule has 1 aliphatic heterocycles. The lowest BCUT2D eigenvalue weighted by Gasteiger charge is -2.29. The van der Waals surface area contributed by atoms with Crippen molar-refractivity contribution >= 4 is 16.6 Å². The third-order valence-electron chi connectivity index (χ3n) is 7.24. The molecule has 4 aromatic rings. The minimum atomic E-state index is -0.333. The first-order valence-electron chi connectivity index (χ1n) is 12.2. The predicted octanol–water partition coefficient (Wildman–Crippen LogP) is 3.59. The van der Waals surface area contributed by atoms with E-state index in [2.05, 4.69) is 65.5 Å². The van der Waals surface area contributed by atoms with Gasteiger partial charge in [-0.15, -0.1) is 10.2 Å². The van der Waals surface area contributed by atoms with Crippen LogP contribution in [0.15, 0.2) is 48.7 Å². The molecule has 2 atom stereocenters. The number of aromatic nitrogens is 4. The van der Waals surface area contributed by atoms with Crippen LogP contribution >= 0.6 is 0 Å². The molecular formula is C27H34N6O2. The molecule has 0 aliphatic carbocycles. The Morgan fingerprint density at radius 1 is 1.09 bits per heavy atom. The van der Waals surface area contributed by atoms with Crippen molar-refractivity contribution in [1.82, 2.24) is 24.5 Å². The molecule has 1 saturated heterocycles. The van der Waals surface area contributed by atoms with E-state index in [9.17, 15) is 0 Å². The van der Waals surface area contributed by atoms with Crippen molar-refractivity contribution < 1.29 is 9.47 Å². The molecule has 0 amide bonds. The summed E-state index contributed by atoms with van der Waals surface area (Å²) in [7, 11) is 3.43. The highest BCUT2D eigenvalue weighted by atomic mass is 16.5. The molecule has 5 rings (SSSR count). The number of pyridine rings is 2. The van der Waals surface area contributed by atoms with Crippen molar-refractivity contribution in [2.24, 2.45) is 5.73 Å². The van der Waals surface area contributed by atoms with E-state index in [1.165, 1.54) is 5.56 Å². The number of ether oxygens (including phenoxy) is 2. The van der Waals surface area contributed by atoms with Gasteiger partial charge in [-0.05, 0) is 36.6 Å². The molecule has 0 radical (unpaired) electrons. The van der Waals surface area contributed by atoms with Crippen molar-refractivity contribution in [2.45, 2.75) is 37.8 Å². The molecular weight excluding hydrogens is 440 g/mol. The second kappa shape index (κ2) is 9.62. The van der Waals surface area contributed by atoms with Gasteiger partial charge in [0.15, 0.2) is 11.5 Å². The third-order valence-corrected chi connectivity index (χ3v) is 7.24. The summed E-state index contributed by atoms with van der Waals surface area (Å²) in [6.45, 7) is 7.38. The van der Waals surface area contributed by atoms with Crippen molar-refractivity contribution in [1.29, 1.82) is 0 Å². The van der Waals surface area contributed by atoms with Gasteiger partial charge in [0.1, 0.15) is 5.69 Å². The molecule has 184 valence electrons. The topological polar surface area (TPSA) is 90.8 Å². The Kier molecular flexibility index (Phi) is 6.55. The highest BCUT2D eigenvalue weighted by molar-refractivity contribution is 5.85. The molecule has 1 fully saturated rings. The maximum absolute atomic E-state index is 6.15. The van der Waals surface area contributed by atoms with Crippen LogP contribution in [0.2, 0.25) is 0 Å². The van der Waals surface area contributed by atoms with E-state index < -0.39 is 0 Å². The summed E-state index contributed by atoms with van der Waals surface area (Å²) in [4.78, 5) is 7.53. The molecule has 0 saturated carbocycles. The predicted molar refractivity (Wildman–Crippen MR) is 137 cm³/mol. The van der Waals surface area contributed by atoms with E-state index in [4.69, 9.17) is 20.2 Å². The van der Waals surface area contributed by atoms with Crippen LogP contribution in [-0.2, 0) is 14.9 Å². The summed E-state index contributed by atoms with van der Waals surface area (Å²) in [6, 6.07) is 15.1. The summed E-state index contributed by atoms with van der Waals surface area (Å²) in [6.07, 6.45) is 3.18. The van der Waals surface area contributed by atoms with Gasteiger partial charge in [-0.1, -0.05) is 37.3 Å². The fourth-order valence-corrected chi connectivity index (χ4v) is 5.30. The van der Waals surface area contributed by atoms with Gasteiger partial charge in [0, 0.05) is 56.4 Å². The lowest BCUT2D eigenvalue weighted by atomic mass is 9.82. The van der Waals surface area contributed by atoms with Crippen LogP contribution in [0.3, 0.4) is 0 Å². The number of para-hydroxylation sites is 1. The van der Waals surface area contributed by atoms with Gasteiger partial charge in [0.25, 0.3) is 0 Å². The third kappa shape index (κ3) is 4.43. The van der Waals surface area contributed by atoms with Gasteiger partial charge in [0.05, 0.1) is 18.7 Å². The average molecular weight is 475 g/mol. The van der Waals surface area contributed by atoms with Gasteiger partial charge in [-0.25, -0.2) is 4.98 Å². The van der Waals surface area contributed by atoms with E-state index in [0.717, 1.165) is 53.1 Å². The van der Waals surface area contributed by atoms with Crippen LogP contribution in [0.1, 0.15) is 37.4 Å². The van der Waals surface area contributed by atoms with Crippen LogP contribution in [0.4, 0.5) is 0 Å². The Balaban J connectivity index is 1.58. The molecule has 1 aromatic carbocycles. The molecule has 0 bridgehead atoms. The number of nitrogens with two attached hydrogens (primary N) is 1. The van der Waals surface area contributed by atoms with Crippen LogP contribution in [0.25, 0.3) is 28.1 Å². The fraction of sp³-hybridized carbons (Fsp3) is 0.444. The zero-order valence-electron chi connectivity index (χ0n) is 20.9. The number of hydrogen-bond donors (Lipinski definition) is 1. The lowest BCUT2D eigenvalue weighted by molar-refractivity contribution is 0.0694. The van der Waals surface area contributed by atoms with E-state index in [1.54, 1.807) is 14.2 Å². The molecule has 0 unspecified atom stereocenters. The first-order valence-corrected chi connectivity index (χ1v) is 12.2. The fourth-order valence-electron chi connectivity index (χ4n) is 5.30. The van der Waals surface area contributed by atoms with Crippen molar-refractivity contribution in [3.05, 3.63) is 59.8 Å². The van der Waals surface area contributed by atoms with Gasteiger partial charge in [-0.2, -0.15) is 0 Å². The molecule has 0 spiro atoms. The van der Waals surface area contributed by atoms with Crippen molar-refractivity contribution in [3.63, 3.8) is 0 Å². The number of benzene rings is 1. The maximum Gasteiger partial charge on any atom is 0.187 e. The summed E-state index contributed by atoms with van der Waals surface area (Å²) < 4.78 is 13.2. The number of likely N-dealkylation sites (tertiary alicyclic amines) is 1. The molecule has 3 aromatic heterocycles. The Labute approximate surface area is 206 Å². The molecule has 1 aliphatic rings. The number of fused-ring (bicyclic) bond motifs is 2. The van der Waals surface area contributed by atoms with Crippen LogP contribution in [0, 0.1) is 0 Å². The Morgan fingerprint density at radius 3 is 2.60 bits per heavy atom. The van der Waals surface area contributed by atoms with Crippen LogP contribution < -0.4 is 5.73 Å². The maximum atomic E-state index is 6.15. The zero-order valence-corrected chi connectivity index (χ0v) is 20.9. The first kappa shape index (κ1) is 23.8. The summed E-state index contributed by atoms with van der Waals surface area (Å²) in [5.74, 6) is 0.726. The van der Waals surface area contributed by atoms with E-state index >= 15 is 0 Å². The van der Waals surface area contributed by atoms with Gasteiger partial charge in [-0.3, -0.25) is 9.30 Å². The number of methoxy groups -OCH3 is 2. The van der Waals surface area contributed by atoms with Crippen molar-refractivity contribution in [2.75, 3.05) is 40.5 Å². The number of rotatable bonds is 8. The smallest absolute Gasteiger partial charge is 0.187 e. The average Bonchev–Trinajstić information content (AvgIpc) is 3.49. The first-order chi connectivity index (χ1) is 16.9. The number of hydrogen-bond acceptors (Lipinski definition) is 7. The molecule has 35 heavy (non-hydrogen) atoms. The highest BCUT2D eigenvalue weighted by Crippen LogP contribution is 2.32. The molecule has 8 nitrogen and oxygen atoms in total. The summed E-state index contributed by atoms with van der Waals surface area (Å²) in [5, 5.41) is 10.00. The Morgan fingerprint density at radius 2 is 1.89 bits per heavy atom. The van der Waals surface area contributed by atoms with Gasteiger partial charge in [0.2, 0.25) is 0 Å². The zero-order chi connectivity index (χ0) is 24.6. The lowest BCUT2D eigenvalue weighted by Crippen LogP contribution is -2.33. The molecule has 2 N–H and O–H groups in total. The SMILES string of the molecule is COCC(C)(COC)c1cccc2ccc(-c3nnc4ccc([C@H](C)N5CC[C@H](N)C5)cn34)nc12. The van der Waals surface area contributed by atoms with Crippen LogP contribution in [0.5, 0.6) is 0 Å². The largest absolute Gasteiger partial charge is 0.384 e. The Hall–Kier alpha value is -2.91. The monoisotopic (exact) mass is 474 g/mol. The standard InChI is InChI=1S/C27H34N6O2/c1-18(32-13-12-21(28)15-32)20-9-11-24-30-31-26(33(24)14-20)23-10-8-19-6-5-7-22(25(19)29-23)27(2,16-34-3)17-35-4/h5-11,14,18,21H,12-13,15-17,28H2,1-4H3/t18-,21-/m0/s1. The quantitative estimate of drug-likeness (QED) is 0.417. The minimum Gasteiger partial charge on any atom is -0.384 e. The van der Waals surface area contributed by atoms with E-state index in [0.29, 0.717) is 13.2 Å². The van der Waals surface area contributed by atoms with Gasteiger partial charge >= 0.3 is 0 Å². The van der Waals surface area contributed by atoms with Gasteiger partial charge < -0.3 is 15.2 Å². The van der Waals surface area contributed by atoms with E-state index in [-0.39, 0.29) is 17.5 Å². The summed E-state index contributed by atoms with van der Waals surface area (Å²) in [5.41, 5.74) is 10.6. The second-order valence-electron chi connectivity index (χ2n) is 9.93. The summed E-state index contributed by atoms with van der Waals surface area (Å²) >= 11 is 0. The minimum absolute atomic E-state index is 0.254. The van der Waals surface area contributed by atoms with Crippen molar-refractivity contribution in [3.8, 4) is 11.5 Å². The highest BCUT2D eigenvalue weighted by Gasteiger charge is 2.30. The second-order valence-corrected chi connectivity index (χ2v) is 9.93. The molecule has 4 heterocycles. The molecule has 8 heteroatoms. The Bertz CT molecular complexity index is 1330. The van der Waals surface area contributed by atoms with E-state index in [1.807, 2.05) is 16.5 Å². The number of nitrogens with zero attached hydrogens (tertiary/aromatic N) is 5. The van der Waals surface area contributed by atoms with Crippen LogP contribution in [-0.4, -0.2) is 71.0 Å². The normalized spacial score (nSPS) is 18.0.